The molecular formula is C26H38N2O2. The number of benzene rings is 1. The zero-order valence-electron chi connectivity index (χ0n) is 18.7. The Morgan fingerprint density at radius 3 is 2.67 bits per heavy atom. The number of allylic oxidation sites excluding steroid dienone is 1. The van der Waals surface area contributed by atoms with E-state index in [0.717, 1.165) is 25.9 Å². The summed E-state index contributed by atoms with van der Waals surface area (Å²) in [5.74, 6) is 0.870. The third kappa shape index (κ3) is 5.53. The smallest absolute Gasteiger partial charge is 0.226 e. The van der Waals surface area contributed by atoms with Crippen LogP contribution in [-0.2, 0) is 22.4 Å². The number of carbonyl (C=O) groups is 1. The van der Waals surface area contributed by atoms with E-state index in [1.807, 2.05) is 0 Å². The van der Waals surface area contributed by atoms with Crippen molar-refractivity contribution >= 4 is 5.91 Å². The van der Waals surface area contributed by atoms with Crippen molar-refractivity contribution in [3.8, 4) is 0 Å². The molecule has 3 aliphatic rings. The predicted octanol–water partition coefficient (Wildman–Crippen LogP) is 4.23. The minimum atomic E-state index is 0.297. The second kappa shape index (κ2) is 10.6. The number of fused-ring (bicyclic) bond motifs is 1. The van der Waals surface area contributed by atoms with Crippen LogP contribution in [0.2, 0.25) is 0 Å². The van der Waals surface area contributed by atoms with Crippen molar-refractivity contribution in [3.63, 3.8) is 0 Å². The summed E-state index contributed by atoms with van der Waals surface area (Å²) < 4.78 is 5.32. The Hall–Kier alpha value is -1.65. The van der Waals surface area contributed by atoms with Crippen LogP contribution in [0.4, 0.5) is 0 Å². The van der Waals surface area contributed by atoms with Gasteiger partial charge in [0.2, 0.25) is 5.91 Å². The van der Waals surface area contributed by atoms with Gasteiger partial charge in [-0.25, -0.2) is 0 Å². The Morgan fingerprint density at radius 1 is 1.17 bits per heavy atom. The van der Waals surface area contributed by atoms with E-state index in [-0.39, 0.29) is 0 Å². The van der Waals surface area contributed by atoms with Crippen molar-refractivity contribution in [2.75, 3.05) is 39.9 Å². The summed E-state index contributed by atoms with van der Waals surface area (Å²) in [5.41, 5.74) is 4.41. The molecule has 1 amide bonds. The number of carbonyl (C=O) groups excluding carboxylic acids is 1. The summed E-state index contributed by atoms with van der Waals surface area (Å²) in [6, 6.07) is 9.56. The van der Waals surface area contributed by atoms with Gasteiger partial charge < -0.3 is 9.64 Å². The van der Waals surface area contributed by atoms with E-state index >= 15 is 0 Å². The summed E-state index contributed by atoms with van der Waals surface area (Å²) in [6.45, 7) is 4.55. The number of ether oxygens (including phenoxy) is 1. The molecule has 1 atom stereocenters. The quantitative estimate of drug-likeness (QED) is 0.601. The van der Waals surface area contributed by atoms with E-state index < -0.39 is 0 Å². The van der Waals surface area contributed by atoms with Gasteiger partial charge in [-0.1, -0.05) is 35.9 Å². The van der Waals surface area contributed by atoms with Gasteiger partial charge in [0.05, 0.1) is 6.61 Å². The van der Waals surface area contributed by atoms with Gasteiger partial charge >= 0.3 is 0 Å². The molecule has 30 heavy (non-hydrogen) atoms. The highest BCUT2D eigenvalue weighted by Crippen LogP contribution is 2.29. The van der Waals surface area contributed by atoms with Gasteiger partial charge in [0.1, 0.15) is 0 Å². The third-order valence-corrected chi connectivity index (χ3v) is 7.26. The first-order valence-electron chi connectivity index (χ1n) is 12.0. The van der Waals surface area contributed by atoms with Gasteiger partial charge in [-0.2, -0.15) is 0 Å². The number of likely N-dealkylation sites (tertiary alicyclic amines) is 1. The number of nitrogens with zero attached hydrogens (tertiary/aromatic N) is 2. The van der Waals surface area contributed by atoms with Crippen molar-refractivity contribution < 1.29 is 9.53 Å². The summed E-state index contributed by atoms with van der Waals surface area (Å²) in [7, 11) is 1.73. The summed E-state index contributed by atoms with van der Waals surface area (Å²) in [4.78, 5) is 17.9. The maximum Gasteiger partial charge on any atom is 0.226 e. The predicted molar refractivity (Wildman–Crippen MR) is 122 cm³/mol. The zero-order chi connectivity index (χ0) is 20.8. The second-order valence-corrected chi connectivity index (χ2v) is 9.45. The van der Waals surface area contributed by atoms with Gasteiger partial charge in [0, 0.05) is 39.2 Å². The molecule has 4 nitrogen and oxygen atoms in total. The Balaban J connectivity index is 1.34. The van der Waals surface area contributed by atoms with Crippen molar-refractivity contribution in [2.24, 2.45) is 5.92 Å². The molecule has 1 heterocycles. The van der Waals surface area contributed by atoms with Gasteiger partial charge in [0.25, 0.3) is 0 Å². The molecule has 0 spiro atoms. The fourth-order valence-corrected chi connectivity index (χ4v) is 5.57. The molecule has 4 heteroatoms. The molecule has 0 aromatic heterocycles. The minimum absolute atomic E-state index is 0.297. The van der Waals surface area contributed by atoms with Crippen LogP contribution in [-0.4, -0.2) is 61.6 Å². The molecule has 0 bridgehead atoms. The Morgan fingerprint density at radius 2 is 1.97 bits per heavy atom. The molecule has 0 radical (unpaired) electrons. The highest BCUT2D eigenvalue weighted by Gasteiger charge is 2.31. The Kier molecular flexibility index (Phi) is 7.62. The first-order valence-corrected chi connectivity index (χ1v) is 12.0. The summed E-state index contributed by atoms with van der Waals surface area (Å²) in [6.07, 6.45) is 12.5. The van der Waals surface area contributed by atoms with Crippen molar-refractivity contribution in [2.45, 2.75) is 63.8 Å². The van der Waals surface area contributed by atoms with E-state index in [1.54, 1.807) is 7.11 Å². The monoisotopic (exact) mass is 410 g/mol. The van der Waals surface area contributed by atoms with Crippen molar-refractivity contribution in [1.82, 2.24) is 9.80 Å². The van der Waals surface area contributed by atoms with Crippen molar-refractivity contribution in [3.05, 3.63) is 47.0 Å². The van der Waals surface area contributed by atoms with Crippen LogP contribution < -0.4 is 0 Å². The number of amides is 1. The first kappa shape index (κ1) is 21.6. The molecule has 1 saturated heterocycles. The lowest BCUT2D eigenvalue weighted by Gasteiger charge is -2.39. The average molecular weight is 411 g/mol. The first-order chi connectivity index (χ1) is 14.7. The molecular weight excluding hydrogens is 372 g/mol. The van der Waals surface area contributed by atoms with Crippen LogP contribution in [0.15, 0.2) is 35.9 Å². The molecule has 1 aliphatic heterocycles. The fraction of sp³-hybridized carbons (Fsp3) is 0.654. The lowest BCUT2D eigenvalue weighted by molar-refractivity contribution is -0.132. The second-order valence-electron chi connectivity index (χ2n) is 9.45. The Labute approximate surface area is 182 Å². The molecule has 2 aliphatic carbocycles. The average Bonchev–Trinajstić information content (AvgIpc) is 3.22. The number of methoxy groups -OCH3 is 1. The summed E-state index contributed by atoms with van der Waals surface area (Å²) >= 11 is 0. The van der Waals surface area contributed by atoms with Crippen LogP contribution in [0.5, 0.6) is 0 Å². The van der Waals surface area contributed by atoms with E-state index in [1.165, 1.54) is 61.8 Å². The number of hydrogen-bond acceptors (Lipinski definition) is 3. The van der Waals surface area contributed by atoms with Gasteiger partial charge in [-0.3, -0.25) is 9.69 Å². The standard InChI is InChI=1S/C26H38N2O2/c1-30-15-14-28(26(29)16-21-8-3-2-4-9-21)20-22-10-7-13-27(19-22)25-17-23-11-5-6-12-24(23)18-25/h5-6,8,11-12,22,25H,2-4,7,9-10,13-20H2,1H3/t22-/m0/s1. The van der Waals surface area contributed by atoms with Gasteiger partial charge in [-0.15, -0.1) is 0 Å². The minimum Gasteiger partial charge on any atom is -0.383 e. The SMILES string of the molecule is COCCN(C[C@H]1CCCN(C2Cc3ccccc3C2)C1)C(=O)CC1=CCCCC1. The number of rotatable bonds is 8. The highest BCUT2D eigenvalue weighted by molar-refractivity contribution is 5.78. The lowest BCUT2D eigenvalue weighted by Crippen LogP contribution is -2.47. The molecule has 1 fully saturated rings. The van der Waals surface area contributed by atoms with Gasteiger partial charge in [0.15, 0.2) is 0 Å². The number of piperidine rings is 1. The van der Waals surface area contributed by atoms with Crippen LogP contribution in [0, 0.1) is 5.92 Å². The molecule has 1 aromatic carbocycles. The lowest BCUT2D eigenvalue weighted by atomic mass is 9.94. The molecule has 164 valence electrons. The molecule has 0 N–H and O–H groups in total. The fourth-order valence-electron chi connectivity index (χ4n) is 5.57. The molecule has 0 unspecified atom stereocenters. The molecule has 0 saturated carbocycles. The zero-order valence-corrected chi connectivity index (χ0v) is 18.7. The maximum atomic E-state index is 13.1. The van der Waals surface area contributed by atoms with E-state index in [0.29, 0.717) is 37.4 Å². The Bertz CT molecular complexity index is 719. The van der Waals surface area contributed by atoms with E-state index in [9.17, 15) is 4.79 Å². The van der Waals surface area contributed by atoms with Crippen LogP contribution in [0.25, 0.3) is 0 Å². The largest absolute Gasteiger partial charge is 0.383 e. The highest BCUT2D eigenvalue weighted by atomic mass is 16.5. The maximum absolute atomic E-state index is 13.1. The normalized spacial score (nSPS) is 22.6. The van der Waals surface area contributed by atoms with Crippen LogP contribution >= 0.6 is 0 Å². The van der Waals surface area contributed by atoms with E-state index in [2.05, 4.69) is 40.1 Å². The number of hydrogen-bond donors (Lipinski definition) is 0. The molecule has 1 aromatic rings. The van der Waals surface area contributed by atoms with Crippen molar-refractivity contribution in [1.29, 1.82) is 0 Å². The van der Waals surface area contributed by atoms with Gasteiger partial charge in [-0.05, 0) is 75.0 Å². The van der Waals surface area contributed by atoms with E-state index in [4.69, 9.17) is 4.74 Å². The summed E-state index contributed by atoms with van der Waals surface area (Å²) in [5, 5.41) is 0. The van der Waals surface area contributed by atoms with Crippen LogP contribution in [0.3, 0.4) is 0 Å². The third-order valence-electron chi connectivity index (χ3n) is 7.26. The topological polar surface area (TPSA) is 32.8 Å². The van der Waals surface area contributed by atoms with Crippen LogP contribution in [0.1, 0.15) is 56.1 Å². The molecule has 4 rings (SSSR count).